The minimum Gasteiger partial charge on any atom is -0.462 e. The minimum atomic E-state index is -0.142. The van der Waals surface area contributed by atoms with Crippen molar-refractivity contribution in [3.63, 3.8) is 0 Å². The van der Waals surface area contributed by atoms with Gasteiger partial charge in [-0.15, -0.1) is 0 Å². The smallest absolute Gasteiger partial charge is 0.306 e. The summed E-state index contributed by atoms with van der Waals surface area (Å²) in [5.41, 5.74) is 0. The number of carbonyl (C=O) groups excluding carboxylic acids is 2. The lowest BCUT2D eigenvalue weighted by Gasteiger charge is -2.25. The molecule has 17 heavy (non-hydrogen) atoms. The monoisotopic (exact) mass is 240 g/mol. The molecule has 98 valence electrons. The number of Topliss-reactive ketones (excluding diaryl/α,β-unsaturated/α-hetero) is 1. The molecule has 3 nitrogen and oxygen atoms in total. The largest absolute Gasteiger partial charge is 0.462 e. The summed E-state index contributed by atoms with van der Waals surface area (Å²) >= 11 is 0. The van der Waals surface area contributed by atoms with E-state index >= 15 is 0 Å². The SMILES string of the molecule is CC(C)C(OC(=O)C[C@@H]1CCC(=O)C1)C(C)C. The summed E-state index contributed by atoms with van der Waals surface area (Å²) in [5, 5.41) is 0. The Labute approximate surface area is 104 Å². The maximum atomic E-state index is 11.8. The Kier molecular flexibility index (Phi) is 5.16. The van der Waals surface area contributed by atoms with Gasteiger partial charge < -0.3 is 4.74 Å². The van der Waals surface area contributed by atoms with Crippen molar-refractivity contribution in [3.8, 4) is 0 Å². The van der Waals surface area contributed by atoms with E-state index < -0.39 is 0 Å². The summed E-state index contributed by atoms with van der Waals surface area (Å²) in [6.45, 7) is 8.27. The first-order valence-corrected chi connectivity index (χ1v) is 6.61. The highest BCUT2D eigenvalue weighted by atomic mass is 16.5. The first kappa shape index (κ1) is 14.2. The minimum absolute atomic E-state index is 0.0143. The fraction of sp³-hybridized carbons (Fsp3) is 0.857. The van der Waals surface area contributed by atoms with Crippen LogP contribution in [0.4, 0.5) is 0 Å². The maximum absolute atomic E-state index is 11.8. The van der Waals surface area contributed by atoms with Gasteiger partial charge in [-0.2, -0.15) is 0 Å². The molecular weight excluding hydrogens is 216 g/mol. The number of hydrogen-bond donors (Lipinski definition) is 0. The van der Waals surface area contributed by atoms with E-state index in [0.717, 1.165) is 6.42 Å². The van der Waals surface area contributed by atoms with Crippen molar-refractivity contribution in [1.29, 1.82) is 0 Å². The van der Waals surface area contributed by atoms with Crippen LogP contribution in [-0.4, -0.2) is 17.9 Å². The number of ether oxygens (including phenoxy) is 1. The van der Waals surface area contributed by atoms with Crippen LogP contribution in [0.1, 0.15) is 53.4 Å². The van der Waals surface area contributed by atoms with E-state index in [0.29, 0.717) is 31.1 Å². The van der Waals surface area contributed by atoms with Gasteiger partial charge in [-0.1, -0.05) is 27.7 Å². The summed E-state index contributed by atoms with van der Waals surface area (Å²) < 4.78 is 5.52. The van der Waals surface area contributed by atoms with E-state index in [2.05, 4.69) is 27.7 Å². The Morgan fingerprint density at radius 3 is 2.29 bits per heavy atom. The second-order valence-electron chi connectivity index (χ2n) is 5.79. The molecule has 0 saturated heterocycles. The van der Waals surface area contributed by atoms with Crippen LogP contribution in [-0.2, 0) is 14.3 Å². The number of rotatable bonds is 5. The van der Waals surface area contributed by atoms with E-state index in [1.165, 1.54) is 0 Å². The van der Waals surface area contributed by atoms with E-state index in [1.54, 1.807) is 0 Å². The summed E-state index contributed by atoms with van der Waals surface area (Å²) in [7, 11) is 0. The third-order valence-electron chi connectivity index (χ3n) is 3.38. The van der Waals surface area contributed by atoms with Crippen LogP contribution in [0.5, 0.6) is 0 Å². The average Bonchev–Trinajstić information content (AvgIpc) is 2.59. The zero-order valence-corrected chi connectivity index (χ0v) is 11.4. The van der Waals surface area contributed by atoms with Crippen LogP contribution >= 0.6 is 0 Å². The van der Waals surface area contributed by atoms with Crippen LogP contribution in [0.3, 0.4) is 0 Å². The molecule has 0 amide bonds. The zero-order chi connectivity index (χ0) is 13.0. The van der Waals surface area contributed by atoms with Gasteiger partial charge in [-0.25, -0.2) is 0 Å². The molecule has 1 rings (SSSR count). The van der Waals surface area contributed by atoms with Gasteiger partial charge in [0.2, 0.25) is 0 Å². The van der Waals surface area contributed by atoms with Gasteiger partial charge in [0.15, 0.2) is 0 Å². The first-order valence-electron chi connectivity index (χ1n) is 6.61. The van der Waals surface area contributed by atoms with Crippen LogP contribution in [0.25, 0.3) is 0 Å². The Hall–Kier alpha value is -0.860. The standard InChI is InChI=1S/C14H24O3/c1-9(2)14(10(3)4)17-13(16)8-11-5-6-12(15)7-11/h9-11,14H,5-8H2,1-4H3/t11-/m1/s1. The molecule has 1 aliphatic carbocycles. The van der Waals surface area contributed by atoms with Crippen molar-refractivity contribution in [3.05, 3.63) is 0 Å². The van der Waals surface area contributed by atoms with Crippen LogP contribution in [0.15, 0.2) is 0 Å². The Balaban J connectivity index is 2.40. The molecule has 0 aromatic carbocycles. The Morgan fingerprint density at radius 1 is 1.29 bits per heavy atom. The van der Waals surface area contributed by atoms with Crippen molar-refractivity contribution in [2.24, 2.45) is 17.8 Å². The Bertz CT molecular complexity index is 273. The second-order valence-corrected chi connectivity index (χ2v) is 5.79. The fourth-order valence-electron chi connectivity index (χ4n) is 2.54. The lowest BCUT2D eigenvalue weighted by Crippen LogP contribution is -2.29. The molecule has 0 radical (unpaired) electrons. The molecule has 1 aliphatic rings. The van der Waals surface area contributed by atoms with Crippen LogP contribution < -0.4 is 0 Å². The van der Waals surface area contributed by atoms with Gasteiger partial charge in [0.1, 0.15) is 11.9 Å². The van der Waals surface area contributed by atoms with Crippen molar-refractivity contribution in [1.82, 2.24) is 0 Å². The Morgan fingerprint density at radius 2 is 1.88 bits per heavy atom. The number of carbonyl (C=O) groups is 2. The summed E-state index contributed by atoms with van der Waals surface area (Å²) in [6.07, 6.45) is 2.43. The van der Waals surface area contributed by atoms with Gasteiger partial charge in [-0.05, 0) is 24.2 Å². The molecule has 0 spiro atoms. The van der Waals surface area contributed by atoms with Crippen molar-refractivity contribution in [2.75, 3.05) is 0 Å². The van der Waals surface area contributed by atoms with E-state index in [9.17, 15) is 9.59 Å². The van der Waals surface area contributed by atoms with Gasteiger partial charge in [-0.3, -0.25) is 9.59 Å². The summed E-state index contributed by atoms with van der Waals surface area (Å²) in [4.78, 5) is 22.9. The number of ketones is 1. The van der Waals surface area contributed by atoms with Gasteiger partial charge >= 0.3 is 5.97 Å². The lowest BCUT2D eigenvalue weighted by molar-refractivity contribution is -0.155. The van der Waals surface area contributed by atoms with E-state index in [-0.39, 0.29) is 23.8 Å². The highest BCUT2D eigenvalue weighted by Gasteiger charge is 2.27. The van der Waals surface area contributed by atoms with E-state index in [4.69, 9.17) is 4.74 Å². The van der Waals surface area contributed by atoms with E-state index in [1.807, 2.05) is 0 Å². The van der Waals surface area contributed by atoms with Crippen LogP contribution in [0.2, 0.25) is 0 Å². The fourth-order valence-corrected chi connectivity index (χ4v) is 2.54. The quantitative estimate of drug-likeness (QED) is 0.694. The van der Waals surface area contributed by atoms with Crippen molar-refractivity contribution < 1.29 is 14.3 Å². The second kappa shape index (κ2) is 6.18. The van der Waals surface area contributed by atoms with Crippen molar-refractivity contribution in [2.45, 2.75) is 59.5 Å². The van der Waals surface area contributed by atoms with Gasteiger partial charge in [0.25, 0.3) is 0 Å². The maximum Gasteiger partial charge on any atom is 0.306 e. The zero-order valence-electron chi connectivity index (χ0n) is 11.4. The summed E-state index contributed by atoms with van der Waals surface area (Å²) in [6, 6.07) is 0. The normalized spacial score (nSPS) is 20.6. The first-order chi connectivity index (χ1) is 7.90. The molecule has 0 aromatic heterocycles. The third-order valence-corrected chi connectivity index (χ3v) is 3.38. The predicted octanol–water partition coefficient (Wildman–Crippen LogP) is 2.97. The molecule has 1 atom stereocenters. The van der Waals surface area contributed by atoms with Gasteiger partial charge in [0.05, 0.1) is 0 Å². The number of hydrogen-bond acceptors (Lipinski definition) is 3. The summed E-state index contributed by atoms with van der Waals surface area (Å²) in [5.74, 6) is 1.03. The molecule has 0 bridgehead atoms. The topological polar surface area (TPSA) is 43.4 Å². The molecule has 1 saturated carbocycles. The third kappa shape index (κ3) is 4.49. The number of esters is 1. The van der Waals surface area contributed by atoms with Crippen LogP contribution in [0, 0.1) is 17.8 Å². The molecule has 3 heteroatoms. The van der Waals surface area contributed by atoms with Gasteiger partial charge in [0, 0.05) is 19.3 Å². The molecule has 1 fully saturated rings. The predicted molar refractivity (Wildman–Crippen MR) is 66.5 cm³/mol. The highest BCUT2D eigenvalue weighted by molar-refractivity contribution is 5.81. The lowest BCUT2D eigenvalue weighted by atomic mass is 9.96. The average molecular weight is 240 g/mol. The molecule has 0 N–H and O–H groups in total. The highest BCUT2D eigenvalue weighted by Crippen LogP contribution is 2.26. The van der Waals surface area contributed by atoms with Crippen molar-refractivity contribution >= 4 is 11.8 Å². The molecule has 0 aromatic rings. The molecule has 0 aliphatic heterocycles. The molecule has 0 heterocycles. The molecular formula is C14H24O3. The molecule has 0 unspecified atom stereocenters.